The SMILES string of the molecule is Cc1c(C(=O)NC2CCCC2CN)nnn1-c1ccc(-c2ccccc2)cc1.Cl. The average Bonchev–Trinajstić information content (AvgIpc) is 3.34. The number of rotatable bonds is 5. The number of amides is 1. The molecule has 1 aliphatic carbocycles. The van der Waals surface area contributed by atoms with Gasteiger partial charge in [-0.25, -0.2) is 4.68 Å². The predicted molar refractivity (Wildman–Crippen MR) is 116 cm³/mol. The van der Waals surface area contributed by atoms with Gasteiger partial charge in [-0.1, -0.05) is 54.1 Å². The summed E-state index contributed by atoms with van der Waals surface area (Å²) in [5.74, 6) is 0.180. The molecule has 2 unspecified atom stereocenters. The Kier molecular flexibility index (Phi) is 6.67. The second kappa shape index (κ2) is 9.20. The van der Waals surface area contributed by atoms with Crippen LogP contribution >= 0.6 is 12.4 Å². The van der Waals surface area contributed by atoms with Crippen molar-refractivity contribution < 1.29 is 4.79 Å². The second-order valence-corrected chi connectivity index (χ2v) is 7.35. The molecule has 0 bridgehead atoms. The highest BCUT2D eigenvalue weighted by Gasteiger charge is 2.29. The minimum atomic E-state index is -0.171. The zero-order chi connectivity index (χ0) is 19.5. The highest BCUT2D eigenvalue weighted by molar-refractivity contribution is 5.93. The van der Waals surface area contributed by atoms with Gasteiger partial charge in [-0.2, -0.15) is 0 Å². The molecule has 7 heteroatoms. The molecule has 0 radical (unpaired) electrons. The lowest BCUT2D eigenvalue weighted by Gasteiger charge is -2.18. The lowest BCUT2D eigenvalue weighted by molar-refractivity contribution is 0.0923. The number of carbonyl (C=O) groups excluding carboxylic acids is 1. The van der Waals surface area contributed by atoms with E-state index >= 15 is 0 Å². The Hall–Kier alpha value is -2.70. The summed E-state index contributed by atoms with van der Waals surface area (Å²) in [6.07, 6.45) is 3.15. The van der Waals surface area contributed by atoms with Crippen molar-refractivity contribution in [2.24, 2.45) is 11.7 Å². The Morgan fingerprint density at radius 2 is 1.79 bits per heavy atom. The molecule has 29 heavy (non-hydrogen) atoms. The Morgan fingerprint density at radius 1 is 1.10 bits per heavy atom. The van der Waals surface area contributed by atoms with Gasteiger partial charge in [-0.05, 0) is 55.5 Å². The monoisotopic (exact) mass is 411 g/mol. The molecule has 0 aliphatic heterocycles. The van der Waals surface area contributed by atoms with Gasteiger partial charge in [0.25, 0.3) is 5.91 Å². The van der Waals surface area contributed by atoms with E-state index in [1.165, 1.54) is 0 Å². The minimum absolute atomic E-state index is 0. The molecular weight excluding hydrogens is 386 g/mol. The number of hydrogen-bond acceptors (Lipinski definition) is 4. The maximum Gasteiger partial charge on any atom is 0.273 e. The number of nitrogens with one attached hydrogen (secondary N) is 1. The number of benzene rings is 2. The third kappa shape index (κ3) is 4.33. The van der Waals surface area contributed by atoms with Crippen molar-refractivity contribution >= 4 is 18.3 Å². The van der Waals surface area contributed by atoms with E-state index in [-0.39, 0.29) is 24.4 Å². The van der Waals surface area contributed by atoms with Crippen molar-refractivity contribution in [2.75, 3.05) is 6.54 Å². The molecule has 1 aromatic heterocycles. The van der Waals surface area contributed by atoms with Gasteiger partial charge < -0.3 is 11.1 Å². The van der Waals surface area contributed by atoms with Crippen LogP contribution in [0.2, 0.25) is 0 Å². The molecule has 3 aromatic rings. The summed E-state index contributed by atoms with van der Waals surface area (Å²) < 4.78 is 1.71. The molecule has 1 amide bonds. The van der Waals surface area contributed by atoms with Crippen molar-refractivity contribution in [2.45, 2.75) is 32.2 Å². The van der Waals surface area contributed by atoms with Gasteiger partial charge in [-0.15, -0.1) is 17.5 Å². The van der Waals surface area contributed by atoms with Crippen molar-refractivity contribution in [3.8, 4) is 16.8 Å². The predicted octanol–water partition coefficient (Wildman–Crippen LogP) is 3.52. The third-order valence-electron chi connectivity index (χ3n) is 5.61. The first-order valence-corrected chi connectivity index (χ1v) is 9.76. The first-order valence-electron chi connectivity index (χ1n) is 9.76. The first kappa shape index (κ1) is 21.0. The Bertz CT molecular complexity index is 955. The van der Waals surface area contributed by atoms with Crippen LogP contribution in [0.4, 0.5) is 0 Å². The highest BCUT2D eigenvalue weighted by Crippen LogP contribution is 2.25. The lowest BCUT2D eigenvalue weighted by atomic mass is 10.0. The van der Waals surface area contributed by atoms with E-state index in [0.717, 1.165) is 41.8 Å². The second-order valence-electron chi connectivity index (χ2n) is 7.35. The van der Waals surface area contributed by atoms with E-state index in [1.54, 1.807) is 4.68 Å². The number of hydrogen-bond donors (Lipinski definition) is 2. The summed E-state index contributed by atoms with van der Waals surface area (Å²) in [4.78, 5) is 12.7. The molecule has 6 nitrogen and oxygen atoms in total. The van der Waals surface area contributed by atoms with Crippen LogP contribution in [0, 0.1) is 12.8 Å². The number of nitrogens with two attached hydrogens (primary N) is 1. The zero-order valence-corrected chi connectivity index (χ0v) is 17.2. The van der Waals surface area contributed by atoms with Gasteiger partial charge in [0.2, 0.25) is 0 Å². The molecule has 4 rings (SSSR count). The quantitative estimate of drug-likeness (QED) is 0.672. The van der Waals surface area contributed by atoms with Crippen molar-refractivity contribution in [3.63, 3.8) is 0 Å². The van der Waals surface area contributed by atoms with Gasteiger partial charge in [0.1, 0.15) is 0 Å². The molecule has 0 spiro atoms. The van der Waals surface area contributed by atoms with Gasteiger partial charge in [-0.3, -0.25) is 4.79 Å². The fraction of sp³-hybridized carbons (Fsp3) is 0.318. The van der Waals surface area contributed by atoms with E-state index in [4.69, 9.17) is 5.73 Å². The van der Waals surface area contributed by atoms with Crippen LogP contribution in [0.15, 0.2) is 54.6 Å². The summed E-state index contributed by atoms with van der Waals surface area (Å²) in [5, 5.41) is 11.4. The van der Waals surface area contributed by atoms with Gasteiger partial charge in [0, 0.05) is 6.04 Å². The summed E-state index contributed by atoms with van der Waals surface area (Å²) in [7, 11) is 0. The normalized spacial score (nSPS) is 18.3. The highest BCUT2D eigenvalue weighted by atomic mass is 35.5. The topological polar surface area (TPSA) is 85.8 Å². The molecule has 152 valence electrons. The molecule has 1 heterocycles. The Labute approximate surface area is 176 Å². The number of nitrogens with zero attached hydrogens (tertiary/aromatic N) is 3. The molecule has 2 atom stereocenters. The molecular formula is C22H26ClN5O. The number of halogens is 1. The lowest BCUT2D eigenvalue weighted by Crippen LogP contribution is -2.40. The van der Waals surface area contributed by atoms with Crippen molar-refractivity contribution in [3.05, 3.63) is 66.0 Å². The molecule has 2 aromatic carbocycles. The largest absolute Gasteiger partial charge is 0.348 e. The van der Waals surface area contributed by atoms with E-state index in [0.29, 0.717) is 18.2 Å². The van der Waals surface area contributed by atoms with Crippen LogP contribution < -0.4 is 11.1 Å². The standard InChI is InChI=1S/C22H25N5O.ClH/c1-15-21(22(28)24-20-9-5-8-18(20)14-23)25-26-27(15)19-12-10-17(11-13-19)16-6-3-2-4-7-16;/h2-4,6-7,10-13,18,20H,5,8-9,14,23H2,1H3,(H,24,28);1H. The van der Waals surface area contributed by atoms with Crippen LogP contribution in [0.25, 0.3) is 16.8 Å². The van der Waals surface area contributed by atoms with Crippen molar-refractivity contribution in [1.82, 2.24) is 20.3 Å². The minimum Gasteiger partial charge on any atom is -0.348 e. The van der Waals surface area contributed by atoms with Gasteiger partial charge in [0.15, 0.2) is 5.69 Å². The van der Waals surface area contributed by atoms with Crippen LogP contribution in [0.5, 0.6) is 0 Å². The Balaban J connectivity index is 0.00000240. The molecule has 3 N–H and O–H groups in total. The van der Waals surface area contributed by atoms with E-state index in [1.807, 2.05) is 37.3 Å². The first-order chi connectivity index (χ1) is 13.7. The van der Waals surface area contributed by atoms with Crippen LogP contribution in [0.3, 0.4) is 0 Å². The maximum atomic E-state index is 12.7. The Morgan fingerprint density at radius 3 is 2.48 bits per heavy atom. The summed E-state index contributed by atoms with van der Waals surface area (Å²) in [6, 6.07) is 18.4. The molecule has 1 fully saturated rings. The van der Waals surface area contributed by atoms with Crippen LogP contribution in [-0.4, -0.2) is 33.5 Å². The fourth-order valence-electron chi connectivity index (χ4n) is 3.96. The third-order valence-corrected chi connectivity index (χ3v) is 5.61. The zero-order valence-electron chi connectivity index (χ0n) is 16.4. The average molecular weight is 412 g/mol. The fourth-order valence-corrected chi connectivity index (χ4v) is 3.96. The summed E-state index contributed by atoms with van der Waals surface area (Å²) in [5.41, 5.74) is 10.1. The van der Waals surface area contributed by atoms with Gasteiger partial charge in [0.05, 0.1) is 11.4 Å². The van der Waals surface area contributed by atoms with E-state index < -0.39 is 0 Å². The number of carbonyl (C=O) groups is 1. The van der Waals surface area contributed by atoms with Crippen LogP contribution in [-0.2, 0) is 0 Å². The van der Waals surface area contributed by atoms with Gasteiger partial charge >= 0.3 is 0 Å². The van der Waals surface area contributed by atoms with E-state index in [9.17, 15) is 4.79 Å². The summed E-state index contributed by atoms with van der Waals surface area (Å²) >= 11 is 0. The number of aromatic nitrogens is 3. The maximum absolute atomic E-state index is 12.7. The van der Waals surface area contributed by atoms with Crippen molar-refractivity contribution in [1.29, 1.82) is 0 Å². The van der Waals surface area contributed by atoms with Crippen LogP contribution in [0.1, 0.15) is 35.4 Å². The molecule has 1 aliphatic rings. The molecule has 1 saturated carbocycles. The molecule has 0 saturated heterocycles. The summed E-state index contributed by atoms with van der Waals surface area (Å²) in [6.45, 7) is 2.47. The van der Waals surface area contributed by atoms with E-state index in [2.05, 4.69) is 39.9 Å². The smallest absolute Gasteiger partial charge is 0.273 e.